The maximum atomic E-state index is 13.0. The van der Waals surface area contributed by atoms with Gasteiger partial charge in [0.2, 0.25) is 0 Å². The van der Waals surface area contributed by atoms with Gasteiger partial charge in [-0.15, -0.1) is 0 Å². The van der Waals surface area contributed by atoms with E-state index in [1.54, 1.807) is 0 Å². The predicted octanol–water partition coefficient (Wildman–Crippen LogP) is 20.6. The lowest BCUT2D eigenvalue weighted by Gasteiger charge is -2.21. The normalized spacial score (nSPS) is 14.3. The fourth-order valence-electron chi connectivity index (χ4n) is 10.5. The molecule has 2 unspecified atom stereocenters. The van der Waals surface area contributed by atoms with Crippen LogP contribution in [0.3, 0.4) is 0 Å². The van der Waals surface area contributed by atoms with Crippen molar-refractivity contribution in [2.75, 3.05) is 39.6 Å². The lowest BCUT2D eigenvalue weighted by molar-refractivity contribution is -0.161. The molecule has 0 aliphatic carbocycles. The molecule has 0 bridgehead atoms. The Morgan fingerprint density at radius 1 is 0.337 bits per heavy atom. The first-order valence-corrected chi connectivity index (χ1v) is 40.2. The third-order valence-electron chi connectivity index (χ3n) is 16.3. The SMILES string of the molecule is CCCCCC/C=C\C=C/CCCCCCCC(=O)OC[C@H](COP(=O)(O)OC[C@@H](O)COP(=O)(O)OC[C@@H](COC(=O)CCCCCCCCC(C)C)OC(=O)CCCCCCCCCC(C)C)OC(=O)CCCCCCCCCCCCCCCCCC(C)C. The zero-order valence-corrected chi connectivity index (χ0v) is 61.3. The molecule has 0 aromatic rings. The summed E-state index contributed by atoms with van der Waals surface area (Å²) >= 11 is 0. The molecule has 5 atom stereocenters. The highest BCUT2D eigenvalue weighted by molar-refractivity contribution is 7.47. The van der Waals surface area contributed by atoms with Crippen molar-refractivity contribution in [1.29, 1.82) is 0 Å². The summed E-state index contributed by atoms with van der Waals surface area (Å²) in [6.45, 7) is 11.7. The Balaban J connectivity index is 5.26. The van der Waals surface area contributed by atoms with Gasteiger partial charge in [0.05, 0.1) is 26.4 Å². The first kappa shape index (κ1) is 89.5. The Labute approximate surface area is 561 Å². The molecular weight excluding hydrogens is 1210 g/mol. The fourth-order valence-corrected chi connectivity index (χ4v) is 12.1. The van der Waals surface area contributed by atoms with E-state index in [0.29, 0.717) is 37.5 Å². The number of unbranched alkanes of at least 4 members (excludes halogenated alkanes) is 34. The molecule has 0 saturated heterocycles. The summed E-state index contributed by atoms with van der Waals surface area (Å²) in [6, 6.07) is 0. The Morgan fingerprint density at radius 3 is 0.880 bits per heavy atom. The second-order valence-electron chi connectivity index (χ2n) is 27.1. The summed E-state index contributed by atoms with van der Waals surface area (Å²) in [4.78, 5) is 72.6. The maximum absolute atomic E-state index is 13.0. The van der Waals surface area contributed by atoms with Crippen molar-refractivity contribution in [3.05, 3.63) is 24.3 Å². The van der Waals surface area contributed by atoms with E-state index in [2.05, 4.69) is 72.8 Å². The Kier molecular flexibility index (Phi) is 61.6. The lowest BCUT2D eigenvalue weighted by atomic mass is 10.0. The van der Waals surface area contributed by atoms with E-state index in [1.165, 1.54) is 128 Å². The topological polar surface area (TPSA) is 237 Å². The van der Waals surface area contributed by atoms with E-state index < -0.39 is 97.5 Å². The molecule has 0 rings (SSSR count). The largest absolute Gasteiger partial charge is 0.472 e. The summed E-state index contributed by atoms with van der Waals surface area (Å²) in [6.07, 6.45) is 51.1. The van der Waals surface area contributed by atoms with Crippen molar-refractivity contribution in [3.8, 4) is 0 Å². The quantitative estimate of drug-likeness (QED) is 0.0169. The van der Waals surface area contributed by atoms with E-state index in [4.69, 9.17) is 37.0 Å². The monoisotopic (exact) mass is 1350 g/mol. The van der Waals surface area contributed by atoms with Gasteiger partial charge in [-0.2, -0.15) is 0 Å². The average molecular weight is 1350 g/mol. The number of rotatable bonds is 69. The van der Waals surface area contributed by atoms with Crippen molar-refractivity contribution in [2.24, 2.45) is 17.8 Å². The van der Waals surface area contributed by atoms with Crippen LogP contribution in [-0.2, 0) is 65.4 Å². The van der Waals surface area contributed by atoms with Gasteiger partial charge in [-0.25, -0.2) is 9.13 Å². The molecule has 17 nitrogen and oxygen atoms in total. The van der Waals surface area contributed by atoms with Crippen LogP contribution in [0.1, 0.15) is 344 Å². The van der Waals surface area contributed by atoms with Crippen molar-refractivity contribution in [3.63, 3.8) is 0 Å². The van der Waals surface area contributed by atoms with Gasteiger partial charge in [0.1, 0.15) is 19.3 Å². The van der Waals surface area contributed by atoms with E-state index in [-0.39, 0.29) is 25.7 Å². The molecule has 0 fully saturated rings. The minimum atomic E-state index is -4.96. The number of ether oxygens (including phenoxy) is 4. The highest BCUT2D eigenvalue weighted by Crippen LogP contribution is 2.45. The minimum Gasteiger partial charge on any atom is -0.462 e. The standard InChI is InChI=1S/C73H138O17P2/c1-8-9-10-11-12-13-14-15-17-21-24-27-32-40-47-54-70(75)83-60-68(89-72(77)56-49-42-33-28-25-22-19-16-18-20-23-26-30-37-44-51-64(2)3)62-87-91(79,80)85-58-67(74)59-86-92(81,82)88-63-69(61-84-71(76)55-48-41-36-35-39-46-53-66(6)7)90-73(78)57-50-43-34-29-31-38-45-52-65(4)5/h13-15,17,64-69,74H,8-12,16,18-63H2,1-7H3,(H,79,80)(H,81,82)/b14-13-,17-15-/t67-,68-,69-/m1/s1. The molecule has 0 aliphatic heterocycles. The zero-order valence-electron chi connectivity index (χ0n) is 59.5. The second-order valence-corrected chi connectivity index (χ2v) is 30.0. The number of phosphoric acid groups is 2. The number of carbonyl (C=O) groups is 4. The van der Waals surface area contributed by atoms with Crippen LogP contribution in [0.2, 0.25) is 0 Å². The van der Waals surface area contributed by atoms with Gasteiger partial charge in [0, 0.05) is 25.7 Å². The van der Waals surface area contributed by atoms with Gasteiger partial charge in [0.15, 0.2) is 12.2 Å². The van der Waals surface area contributed by atoms with Gasteiger partial charge >= 0.3 is 39.5 Å². The lowest BCUT2D eigenvalue weighted by Crippen LogP contribution is -2.30. The van der Waals surface area contributed by atoms with E-state index in [9.17, 15) is 43.2 Å². The number of aliphatic hydroxyl groups is 1. The van der Waals surface area contributed by atoms with Crippen molar-refractivity contribution in [2.45, 2.75) is 362 Å². The Bertz CT molecular complexity index is 1890. The number of phosphoric ester groups is 2. The van der Waals surface area contributed by atoms with Crippen LogP contribution in [0.5, 0.6) is 0 Å². The van der Waals surface area contributed by atoms with Crippen LogP contribution in [0.25, 0.3) is 0 Å². The number of esters is 4. The Morgan fingerprint density at radius 2 is 0.587 bits per heavy atom. The summed E-state index contributed by atoms with van der Waals surface area (Å²) in [5, 5.41) is 10.6. The van der Waals surface area contributed by atoms with E-state index >= 15 is 0 Å². The smallest absolute Gasteiger partial charge is 0.462 e. The molecule has 92 heavy (non-hydrogen) atoms. The van der Waals surface area contributed by atoms with Gasteiger partial charge in [-0.05, 0) is 69.1 Å². The van der Waals surface area contributed by atoms with Crippen LogP contribution in [-0.4, -0.2) is 96.7 Å². The van der Waals surface area contributed by atoms with Crippen molar-refractivity contribution < 1.29 is 80.2 Å². The minimum absolute atomic E-state index is 0.0998. The van der Waals surface area contributed by atoms with Gasteiger partial charge < -0.3 is 33.8 Å². The Hall–Kier alpha value is -2.46. The zero-order chi connectivity index (χ0) is 68.0. The fraction of sp³-hybridized carbons (Fsp3) is 0.890. The number of allylic oxidation sites excluding steroid dienone is 4. The first-order valence-electron chi connectivity index (χ1n) is 37.2. The van der Waals surface area contributed by atoms with E-state index in [0.717, 1.165) is 121 Å². The molecule has 0 amide bonds. The number of carbonyl (C=O) groups excluding carboxylic acids is 4. The third kappa shape index (κ3) is 66.2. The molecule has 0 radical (unpaired) electrons. The first-order chi connectivity index (χ1) is 44.2. The predicted molar refractivity (Wildman–Crippen MR) is 372 cm³/mol. The number of aliphatic hydroxyl groups excluding tert-OH is 1. The molecule has 19 heteroatoms. The molecule has 0 spiro atoms. The van der Waals surface area contributed by atoms with Crippen LogP contribution in [0, 0.1) is 17.8 Å². The summed E-state index contributed by atoms with van der Waals surface area (Å²) in [5.74, 6) is 0.0151. The molecule has 3 N–H and O–H groups in total. The van der Waals surface area contributed by atoms with Crippen LogP contribution >= 0.6 is 15.6 Å². The van der Waals surface area contributed by atoms with Gasteiger partial charge in [-0.1, -0.05) is 291 Å². The summed E-state index contributed by atoms with van der Waals surface area (Å²) in [5.41, 5.74) is 0. The molecule has 542 valence electrons. The van der Waals surface area contributed by atoms with Crippen molar-refractivity contribution in [1.82, 2.24) is 0 Å². The molecular formula is C73H138O17P2. The maximum Gasteiger partial charge on any atom is 0.472 e. The molecule has 0 saturated carbocycles. The summed E-state index contributed by atoms with van der Waals surface area (Å²) in [7, 11) is -9.92. The molecule has 0 aliphatic rings. The molecule has 0 heterocycles. The number of hydrogen-bond acceptors (Lipinski definition) is 15. The van der Waals surface area contributed by atoms with Crippen LogP contribution in [0.4, 0.5) is 0 Å². The van der Waals surface area contributed by atoms with Gasteiger partial charge in [0.25, 0.3) is 0 Å². The summed E-state index contributed by atoms with van der Waals surface area (Å²) < 4.78 is 68.3. The highest BCUT2D eigenvalue weighted by atomic mass is 31.2. The van der Waals surface area contributed by atoms with Crippen LogP contribution < -0.4 is 0 Å². The van der Waals surface area contributed by atoms with Crippen LogP contribution in [0.15, 0.2) is 24.3 Å². The van der Waals surface area contributed by atoms with Crippen molar-refractivity contribution >= 4 is 39.5 Å². The highest BCUT2D eigenvalue weighted by Gasteiger charge is 2.30. The third-order valence-corrected chi connectivity index (χ3v) is 18.2. The molecule has 0 aromatic heterocycles. The van der Waals surface area contributed by atoms with E-state index in [1.807, 2.05) is 0 Å². The second kappa shape index (κ2) is 63.3. The van der Waals surface area contributed by atoms with Gasteiger partial charge in [-0.3, -0.25) is 37.3 Å². The average Bonchev–Trinajstić information content (AvgIpc) is 3.73. The number of hydrogen-bond donors (Lipinski definition) is 3. The molecule has 0 aromatic carbocycles.